The van der Waals surface area contributed by atoms with Crippen molar-refractivity contribution in [2.75, 3.05) is 19.8 Å². The number of nitrogens with two attached hydrogens (primary N) is 1. The first-order valence-corrected chi connectivity index (χ1v) is 3.46. The standard InChI is InChI=1S/C6H10F2N2O3/c7-5(8)6(12)10-1-2-13-3-4(9)11/h5H,1-3H2,(H2,9,11)(H,10,12). The van der Waals surface area contributed by atoms with Gasteiger partial charge in [0.05, 0.1) is 6.61 Å². The van der Waals surface area contributed by atoms with Crippen LogP contribution >= 0.6 is 0 Å². The molecule has 0 fully saturated rings. The summed E-state index contributed by atoms with van der Waals surface area (Å²) in [7, 11) is 0. The van der Waals surface area contributed by atoms with E-state index in [-0.39, 0.29) is 19.8 Å². The topological polar surface area (TPSA) is 81.4 Å². The van der Waals surface area contributed by atoms with E-state index in [1.165, 1.54) is 0 Å². The summed E-state index contributed by atoms with van der Waals surface area (Å²) in [6.45, 7) is -0.387. The second kappa shape index (κ2) is 6.30. The predicted molar refractivity (Wildman–Crippen MR) is 39.0 cm³/mol. The van der Waals surface area contributed by atoms with E-state index in [0.717, 1.165) is 0 Å². The lowest BCUT2D eigenvalue weighted by molar-refractivity contribution is -0.132. The number of hydrogen-bond donors (Lipinski definition) is 2. The van der Waals surface area contributed by atoms with E-state index >= 15 is 0 Å². The number of ether oxygens (including phenoxy) is 1. The van der Waals surface area contributed by atoms with Gasteiger partial charge in [0.25, 0.3) is 5.91 Å². The van der Waals surface area contributed by atoms with Crippen LogP contribution in [-0.2, 0) is 14.3 Å². The highest BCUT2D eigenvalue weighted by molar-refractivity contribution is 5.79. The maximum absolute atomic E-state index is 11.5. The van der Waals surface area contributed by atoms with Crippen LogP contribution in [0.15, 0.2) is 0 Å². The van der Waals surface area contributed by atoms with Crippen LogP contribution < -0.4 is 11.1 Å². The van der Waals surface area contributed by atoms with Gasteiger partial charge in [-0.15, -0.1) is 0 Å². The van der Waals surface area contributed by atoms with Crippen LogP contribution in [0.3, 0.4) is 0 Å². The highest BCUT2D eigenvalue weighted by atomic mass is 19.3. The number of alkyl halides is 2. The van der Waals surface area contributed by atoms with Crippen molar-refractivity contribution in [1.82, 2.24) is 5.32 Å². The number of carbonyl (C=O) groups is 2. The molecule has 0 aliphatic heterocycles. The number of hydrogen-bond acceptors (Lipinski definition) is 3. The van der Waals surface area contributed by atoms with Crippen LogP contribution in [0.1, 0.15) is 0 Å². The fraction of sp³-hybridized carbons (Fsp3) is 0.667. The van der Waals surface area contributed by atoms with Crippen molar-refractivity contribution in [3.63, 3.8) is 0 Å². The van der Waals surface area contributed by atoms with E-state index in [2.05, 4.69) is 4.74 Å². The zero-order valence-corrected chi connectivity index (χ0v) is 6.76. The van der Waals surface area contributed by atoms with Crippen LogP contribution in [0.25, 0.3) is 0 Å². The predicted octanol–water partition coefficient (Wildman–Crippen LogP) is -1.13. The zero-order valence-electron chi connectivity index (χ0n) is 6.76. The SMILES string of the molecule is NC(=O)COCCNC(=O)C(F)F. The summed E-state index contributed by atoms with van der Waals surface area (Å²) in [5.41, 5.74) is 4.71. The number of amides is 2. The van der Waals surface area contributed by atoms with Crippen molar-refractivity contribution >= 4 is 11.8 Å². The molecule has 0 aromatic rings. The van der Waals surface area contributed by atoms with Gasteiger partial charge in [-0.3, -0.25) is 9.59 Å². The van der Waals surface area contributed by atoms with Crippen LogP contribution in [0.2, 0.25) is 0 Å². The number of halogens is 2. The van der Waals surface area contributed by atoms with E-state index in [0.29, 0.717) is 0 Å². The molecule has 0 rings (SSSR count). The normalized spacial score (nSPS) is 10.1. The van der Waals surface area contributed by atoms with Gasteiger partial charge in [-0.05, 0) is 0 Å². The molecule has 0 aliphatic rings. The third kappa shape index (κ3) is 7.13. The van der Waals surface area contributed by atoms with E-state index in [9.17, 15) is 18.4 Å². The summed E-state index contributed by atoms with van der Waals surface area (Å²) in [6.07, 6.45) is -3.03. The van der Waals surface area contributed by atoms with Crippen molar-refractivity contribution in [2.24, 2.45) is 5.73 Å². The van der Waals surface area contributed by atoms with Gasteiger partial charge in [-0.25, -0.2) is 0 Å². The highest BCUT2D eigenvalue weighted by Gasteiger charge is 2.13. The Labute approximate surface area is 73.2 Å². The Kier molecular flexibility index (Phi) is 5.69. The Morgan fingerprint density at radius 1 is 1.46 bits per heavy atom. The molecular formula is C6H10F2N2O3. The summed E-state index contributed by atoms with van der Waals surface area (Å²) in [5.74, 6) is -2.01. The average Bonchev–Trinajstić information content (AvgIpc) is 2.02. The van der Waals surface area contributed by atoms with E-state index in [4.69, 9.17) is 5.73 Å². The van der Waals surface area contributed by atoms with Crippen molar-refractivity contribution in [2.45, 2.75) is 6.43 Å². The second-order valence-corrected chi connectivity index (χ2v) is 2.11. The molecular weight excluding hydrogens is 186 g/mol. The minimum atomic E-state index is -3.03. The third-order valence-corrected chi connectivity index (χ3v) is 0.988. The van der Waals surface area contributed by atoms with Gasteiger partial charge in [-0.1, -0.05) is 0 Å². The van der Waals surface area contributed by atoms with Gasteiger partial charge in [0.2, 0.25) is 5.91 Å². The molecule has 3 N–H and O–H groups in total. The molecule has 2 amide bonds. The lowest BCUT2D eigenvalue weighted by Gasteiger charge is -2.03. The lowest BCUT2D eigenvalue weighted by Crippen LogP contribution is -2.33. The van der Waals surface area contributed by atoms with Crippen LogP contribution in [-0.4, -0.2) is 38.0 Å². The quantitative estimate of drug-likeness (QED) is 0.527. The van der Waals surface area contributed by atoms with E-state index in [1.807, 2.05) is 5.32 Å². The number of carbonyl (C=O) groups excluding carboxylic acids is 2. The molecule has 7 heteroatoms. The Bertz CT molecular complexity index is 187. The molecule has 0 saturated heterocycles. The van der Waals surface area contributed by atoms with Crippen molar-refractivity contribution in [1.29, 1.82) is 0 Å². The average molecular weight is 196 g/mol. The number of rotatable bonds is 6. The van der Waals surface area contributed by atoms with Gasteiger partial charge < -0.3 is 15.8 Å². The van der Waals surface area contributed by atoms with Gasteiger partial charge in [0.1, 0.15) is 6.61 Å². The summed E-state index contributed by atoms with van der Waals surface area (Å²) in [4.78, 5) is 20.3. The first-order valence-electron chi connectivity index (χ1n) is 3.46. The molecule has 0 heterocycles. The van der Waals surface area contributed by atoms with E-state index in [1.54, 1.807) is 0 Å². The maximum atomic E-state index is 11.5. The largest absolute Gasteiger partial charge is 0.370 e. The van der Waals surface area contributed by atoms with Crippen LogP contribution in [0, 0.1) is 0 Å². The molecule has 13 heavy (non-hydrogen) atoms. The third-order valence-electron chi connectivity index (χ3n) is 0.988. The first-order chi connectivity index (χ1) is 6.04. The molecule has 0 aromatic carbocycles. The van der Waals surface area contributed by atoms with Crippen molar-refractivity contribution in [3.8, 4) is 0 Å². The number of primary amides is 1. The molecule has 0 radical (unpaired) electrons. The minimum Gasteiger partial charge on any atom is -0.370 e. The Hall–Kier alpha value is -1.24. The van der Waals surface area contributed by atoms with Crippen LogP contribution in [0.5, 0.6) is 0 Å². The minimum absolute atomic E-state index is 0.0264. The van der Waals surface area contributed by atoms with Gasteiger partial charge in [0.15, 0.2) is 0 Å². The fourth-order valence-corrected chi connectivity index (χ4v) is 0.496. The molecule has 76 valence electrons. The lowest BCUT2D eigenvalue weighted by atomic mass is 10.6. The van der Waals surface area contributed by atoms with Crippen molar-refractivity contribution < 1.29 is 23.1 Å². The second-order valence-electron chi connectivity index (χ2n) is 2.11. The molecule has 5 nitrogen and oxygen atoms in total. The molecule has 0 atom stereocenters. The Balaban J connectivity index is 3.26. The number of nitrogens with one attached hydrogen (secondary N) is 1. The smallest absolute Gasteiger partial charge is 0.315 e. The summed E-state index contributed by atoms with van der Waals surface area (Å²) in [6, 6.07) is 0. The maximum Gasteiger partial charge on any atom is 0.315 e. The molecule has 0 aromatic heterocycles. The molecule has 0 unspecified atom stereocenters. The summed E-state index contributed by atoms with van der Waals surface area (Å²) < 4.78 is 27.7. The molecule has 0 bridgehead atoms. The molecule has 0 spiro atoms. The first kappa shape index (κ1) is 11.8. The van der Waals surface area contributed by atoms with E-state index < -0.39 is 18.2 Å². The molecule has 0 aliphatic carbocycles. The Morgan fingerprint density at radius 2 is 2.08 bits per heavy atom. The highest BCUT2D eigenvalue weighted by Crippen LogP contribution is 1.89. The fourth-order valence-electron chi connectivity index (χ4n) is 0.496. The zero-order chi connectivity index (χ0) is 10.3. The summed E-state index contributed by atoms with van der Waals surface area (Å²) >= 11 is 0. The van der Waals surface area contributed by atoms with Crippen LogP contribution in [0.4, 0.5) is 8.78 Å². The van der Waals surface area contributed by atoms with Gasteiger partial charge in [0, 0.05) is 6.54 Å². The van der Waals surface area contributed by atoms with Crippen molar-refractivity contribution in [3.05, 3.63) is 0 Å². The van der Waals surface area contributed by atoms with Gasteiger partial charge >= 0.3 is 6.43 Å². The molecule has 0 saturated carbocycles. The Morgan fingerprint density at radius 3 is 2.54 bits per heavy atom. The monoisotopic (exact) mass is 196 g/mol. The van der Waals surface area contributed by atoms with Gasteiger partial charge in [-0.2, -0.15) is 8.78 Å². The summed E-state index contributed by atoms with van der Waals surface area (Å²) in [5, 5.41) is 1.89.